The van der Waals surface area contributed by atoms with Crippen LogP contribution in [0.4, 0.5) is 0 Å². The van der Waals surface area contributed by atoms with E-state index in [4.69, 9.17) is 4.42 Å². The van der Waals surface area contributed by atoms with Gasteiger partial charge in [-0.25, -0.2) is 4.98 Å². The minimum Gasteiger partial charge on any atom is -0.418 e. The van der Waals surface area contributed by atoms with Gasteiger partial charge < -0.3 is 9.73 Å². The van der Waals surface area contributed by atoms with Crippen molar-refractivity contribution in [2.45, 2.75) is 51.6 Å². The van der Waals surface area contributed by atoms with Crippen molar-refractivity contribution < 1.29 is 14.0 Å². The van der Waals surface area contributed by atoms with Crippen molar-refractivity contribution in [2.24, 2.45) is 5.92 Å². The van der Waals surface area contributed by atoms with Crippen LogP contribution >= 0.6 is 0 Å². The highest BCUT2D eigenvalue weighted by Crippen LogP contribution is 2.46. The average molecular weight is 435 g/mol. The molecule has 1 fully saturated rings. The van der Waals surface area contributed by atoms with Gasteiger partial charge >= 0.3 is 0 Å². The normalized spacial score (nSPS) is 15.4. The summed E-state index contributed by atoms with van der Waals surface area (Å²) >= 11 is 0. The SMILES string of the molecule is CC(C)C(NC(=O)Cn1c(-c2ccccc2)nccc1=O)C(=O)c1nnc(C2(C)CC2)o1. The summed E-state index contributed by atoms with van der Waals surface area (Å²) in [6.45, 7) is 5.36. The fourth-order valence-corrected chi connectivity index (χ4v) is 3.40. The molecule has 1 aliphatic rings. The van der Waals surface area contributed by atoms with Crippen LogP contribution in [0.15, 0.2) is 51.8 Å². The summed E-state index contributed by atoms with van der Waals surface area (Å²) in [5, 5.41) is 10.6. The highest BCUT2D eigenvalue weighted by Gasteiger charge is 2.45. The van der Waals surface area contributed by atoms with E-state index in [1.54, 1.807) is 0 Å². The van der Waals surface area contributed by atoms with E-state index in [-0.39, 0.29) is 29.3 Å². The van der Waals surface area contributed by atoms with Gasteiger partial charge in [0.15, 0.2) is 0 Å². The average Bonchev–Trinajstić information content (AvgIpc) is 3.32. The molecule has 0 saturated heterocycles. The second kappa shape index (κ2) is 8.49. The molecule has 1 unspecified atom stereocenters. The quantitative estimate of drug-likeness (QED) is 0.539. The Morgan fingerprint density at radius 3 is 2.53 bits per heavy atom. The Labute approximate surface area is 184 Å². The molecule has 2 heterocycles. The summed E-state index contributed by atoms with van der Waals surface area (Å²) in [6, 6.07) is 9.56. The van der Waals surface area contributed by atoms with Crippen LogP contribution in [-0.2, 0) is 16.8 Å². The standard InChI is InChI=1S/C23H25N5O4/c1-14(2)18(19(31)21-26-27-22(32-21)23(3)10-11-23)25-16(29)13-28-17(30)9-12-24-20(28)15-7-5-4-6-8-15/h4-9,12,14,18H,10-11,13H2,1-3H3,(H,25,29). The third kappa shape index (κ3) is 4.37. The Morgan fingerprint density at radius 1 is 1.16 bits per heavy atom. The summed E-state index contributed by atoms with van der Waals surface area (Å²) in [5.41, 5.74) is 0.194. The molecule has 4 rings (SSSR count). The molecule has 9 heteroatoms. The molecule has 166 valence electrons. The predicted molar refractivity (Wildman–Crippen MR) is 116 cm³/mol. The van der Waals surface area contributed by atoms with Crippen molar-refractivity contribution in [1.82, 2.24) is 25.1 Å². The van der Waals surface area contributed by atoms with Crippen LogP contribution in [0.1, 0.15) is 50.2 Å². The van der Waals surface area contributed by atoms with Crippen molar-refractivity contribution in [3.8, 4) is 11.4 Å². The monoisotopic (exact) mass is 435 g/mol. The topological polar surface area (TPSA) is 120 Å². The van der Waals surface area contributed by atoms with Gasteiger partial charge in [0.1, 0.15) is 12.4 Å². The van der Waals surface area contributed by atoms with Gasteiger partial charge in [0.2, 0.25) is 17.6 Å². The molecule has 2 aromatic heterocycles. The molecule has 1 atom stereocenters. The first kappa shape index (κ1) is 21.6. The minimum absolute atomic E-state index is 0.115. The zero-order valence-corrected chi connectivity index (χ0v) is 18.2. The first-order valence-corrected chi connectivity index (χ1v) is 10.6. The summed E-state index contributed by atoms with van der Waals surface area (Å²) in [4.78, 5) is 42.6. The molecule has 3 aromatic rings. The molecular weight excluding hydrogens is 410 g/mol. The highest BCUT2D eigenvalue weighted by molar-refractivity contribution is 5.98. The third-order valence-electron chi connectivity index (χ3n) is 5.69. The number of benzene rings is 1. The molecular formula is C23H25N5O4. The van der Waals surface area contributed by atoms with Gasteiger partial charge in [-0.05, 0) is 18.8 Å². The van der Waals surface area contributed by atoms with E-state index >= 15 is 0 Å². The molecule has 0 bridgehead atoms. The number of carbonyl (C=O) groups excluding carboxylic acids is 2. The van der Waals surface area contributed by atoms with Crippen molar-refractivity contribution >= 4 is 11.7 Å². The lowest BCUT2D eigenvalue weighted by molar-refractivity contribution is -0.122. The van der Waals surface area contributed by atoms with Crippen LogP contribution in [0, 0.1) is 5.92 Å². The second-order valence-corrected chi connectivity index (χ2v) is 8.69. The largest absolute Gasteiger partial charge is 0.418 e. The van der Waals surface area contributed by atoms with E-state index in [0.717, 1.165) is 12.8 Å². The van der Waals surface area contributed by atoms with Gasteiger partial charge in [0, 0.05) is 23.2 Å². The zero-order valence-electron chi connectivity index (χ0n) is 18.2. The lowest BCUT2D eigenvalue weighted by atomic mass is 9.99. The van der Waals surface area contributed by atoms with E-state index in [2.05, 4.69) is 20.5 Å². The highest BCUT2D eigenvalue weighted by atomic mass is 16.4. The molecule has 1 amide bonds. The Balaban J connectivity index is 1.53. The number of nitrogens with zero attached hydrogens (tertiary/aromatic N) is 4. The lowest BCUT2D eigenvalue weighted by Gasteiger charge is -2.20. The van der Waals surface area contributed by atoms with Crippen molar-refractivity contribution in [3.05, 3.63) is 64.7 Å². The van der Waals surface area contributed by atoms with Gasteiger partial charge in [-0.15, -0.1) is 10.2 Å². The minimum atomic E-state index is -0.865. The number of carbonyl (C=O) groups is 2. The van der Waals surface area contributed by atoms with Crippen molar-refractivity contribution in [3.63, 3.8) is 0 Å². The number of hydrogen-bond acceptors (Lipinski definition) is 7. The fourth-order valence-electron chi connectivity index (χ4n) is 3.40. The van der Waals surface area contributed by atoms with Gasteiger partial charge in [-0.1, -0.05) is 51.1 Å². The van der Waals surface area contributed by atoms with Crippen molar-refractivity contribution in [2.75, 3.05) is 0 Å². The Bertz CT molecular complexity index is 1190. The molecule has 32 heavy (non-hydrogen) atoms. The molecule has 0 radical (unpaired) electrons. The molecule has 1 aromatic carbocycles. The number of aromatic nitrogens is 4. The Morgan fingerprint density at radius 2 is 1.88 bits per heavy atom. The van der Waals surface area contributed by atoms with Crippen LogP contribution in [0.3, 0.4) is 0 Å². The molecule has 9 nitrogen and oxygen atoms in total. The van der Waals surface area contributed by atoms with Crippen molar-refractivity contribution in [1.29, 1.82) is 0 Å². The summed E-state index contributed by atoms with van der Waals surface area (Å²) in [5.74, 6) is -0.450. The first-order valence-electron chi connectivity index (χ1n) is 10.6. The van der Waals surface area contributed by atoms with Crippen LogP contribution in [-0.4, -0.2) is 37.5 Å². The second-order valence-electron chi connectivity index (χ2n) is 8.69. The maximum absolute atomic E-state index is 13.0. The van der Waals surface area contributed by atoms with Gasteiger partial charge in [-0.3, -0.25) is 19.0 Å². The number of amides is 1. The zero-order chi connectivity index (χ0) is 22.9. The Hall–Kier alpha value is -3.62. The number of rotatable bonds is 8. The molecule has 0 spiro atoms. The Kier molecular flexibility index (Phi) is 5.73. The molecule has 1 N–H and O–H groups in total. The summed E-state index contributed by atoms with van der Waals surface area (Å²) in [6.07, 6.45) is 3.29. The number of hydrogen-bond donors (Lipinski definition) is 1. The maximum atomic E-state index is 13.0. The lowest BCUT2D eigenvalue weighted by Crippen LogP contribution is -2.46. The van der Waals surface area contributed by atoms with Gasteiger partial charge in [-0.2, -0.15) is 0 Å². The predicted octanol–water partition coefficient (Wildman–Crippen LogP) is 2.37. The van der Waals surface area contributed by atoms with Crippen LogP contribution in [0.5, 0.6) is 0 Å². The van der Waals surface area contributed by atoms with Crippen LogP contribution in [0.2, 0.25) is 0 Å². The van der Waals surface area contributed by atoms with E-state index in [1.165, 1.54) is 16.8 Å². The number of Topliss-reactive ketones (excluding diaryl/α,β-unsaturated/α-hetero) is 1. The van der Waals surface area contributed by atoms with Gasteiger partial charge in [0.05, 0.1) is 6.04 Å². The van der Waals surface area contributed by atoms with Crippen LogP contribution < -0.4 is 10.9 Å². The van der Waals surface area contributed by atoms with Gasteiger partial charge in [0.25, 0.3) is 11.4 Å². The van der Waals surface area contributed by atoms with E-state index < -0.39 is 17.7 Å². The number of ketones is 1. The first-order chi connectivity index (χ1) is 15.3. The molecule has 1 saturated carbocycles. The maximum Gasteiger partial charge on any atom is 0.286 e. The third-order valence-corrected chi connectivity index (χ3v) is 5.69. The van der Waals surface area contributed by atoms with E-state index in [1.807, 2.05) is 51.1 Å². The number of nitrogens with one attached hydrogen (secondary N) is 1. The van der Waals surface area contributed by atoms with E-state index in [9.17, 15) is 14.4 Å². The summed E-state index contributed by atoms with van der Waals surface area (Å²) < 4.78 is 6.89. The molecule has 1 aliphatic carbocycles. The summed E-state index contributed by atoms with van der Waals surface area (Å²) in [7, 11) is 0. The smallest absolute Gasteiger partial charge is 0.286 e. The van der Waals surface area contributed by atoms with Crippen LogP contribution in [0.25, 0.3) is 11.4 Å². The van der Waals surface area contributed by atoms with E-state index in [0.29, 0.717) is 17.3 Å². The fraction of sp³-hybridized carbons (Fsp3) is 0.391. The molecule has 0 aliphatic heterocycles.